The van der Waals surface area contributed by atoms with Crippen LogP contribution >= 0.6 is 11.3 Å². The van der Waals surface area contributed by atoms with E-state index in [1.54, 1.807) is 36.7 Å². The average Bonchev–Trinajstić information content (AvgIpc) is 3.68. The number of pyridine rings is 1. The number of hydrogen-bond donors (Lipinski definition) is 1. The molecule has 0 fully saturated rings. The quantitative estimate of drug-likeness (QED) is 0.164. The van der Waals surface area contributed by atoms with Crippen molar-refractivity contribution >= 4 is 38.6 Å². The van der Waals surface area contributed by atoms with Crippen molar-refractivity contribution in [3.63, 3.8) is 0 Å². The van der Waals surface area contributed by atoms with Gasteiger partial charge in [-0.25, -0.2) is 19.2 Å². The Balaban J connectivity index is 1.09. The van der Waals surface area contributed by atoms with Crippen LogP contribution in [0.1, 0.15) is 38.4 Å². The zero-order valence-corrected chi connectivity index (χ0v) is 27.1. The van der Waals surface area contributed by atoms with Crippen molar-refractivity contribution in [1.29, 1.82) is 0 Å². The molecule has 49 heavy (non-hydrogen) atoms. The van der Waals surface area contributed by atoms with Crippen LogP contribution in [-0.2, 0) is 13.0 Å². The number of hydrogen-bond acceptors (Lipinski definition) is 8. The molecule has 9 nitrogen and oxygen atoms in total. The molecular weight excluding hydrogens is 644 g/mol. The minimum absolute atomic E-state index is 0.141. The summed E-state index contributed by atoms with van der Waals surface area (Å²) in [5.74, 6) is 1.38. The molecule has 0 bridgehead atoms. The Kier molecular flexibility index (Phi) is 7.89. The Morgan fingerprint density at radius 2 is 1.86 bits per heavy atom. The summed E-state index contributed by atoms with van der Waals surface area (Å²) in [7, 11) is 0. The summed E-state index contributed by atoms with van der Waals surface area (Å²) in [5, 5.41) is 10.3. The number of aryl methyl sites for hydroxylation is 1. The molecule has 0 spiro atoms. The molecule has 0 aliphatic carbocycles. The number of aromatic nitrogens is 4. The Morgan fingerprint density at radius 1 is 1.00 bits per heavy atom. The third-order valence-electron chi connectivity index (χ3n) is 8.58. The number of fused-ring (bicyclic) bond motifs is 3. The number of carboxylic acids is 1. The highest BCUT2D eigenvalue weighted by Gasteiger charge is 2.34. The number of thiazole rings is 1. The zero-order valence-electron chi connectivity index (χ0n) is 26.2. The standard InChI is InChI=1S/C38H29FN4O5S/c1-22-41-32-19-40-14-13-33(32)43(22)27-6-8-28(9-7-27)48-37-25(16-23-3-2-4-24(15-23)38(44)45)20-47-34-11-10-29(18-30(34)37)46-21-36-42-31-17-26(39)5-12-35(31)49-36/h2-15,17-19,25,37H,16,20-21H2,1H3,(H,44,45)/t25-,37+/m1/s1. The number of rotatable bonds is 9. The van der Waals surface area contributed by atoms with Gasteiger partial charge in [0.15, 0.2) is 0 Å². The van der Waals surface area contributed by atoms with E-state index >= 15 is 0 Å². The molecule has 1 aliphatic heterocycles. The van der Waals surface area contributed by atoms with Crippen molar-refractivity contribution in [1.82, 2.24) is 19.5 Å². The minimum atomic E-state index is -0.975. The van der Waals surface area contributed by atoms with Crippen LogP contribution < -0.4 is 14.2 Å². The van der Waals surface area contributed by atoms with Crippen LogP contribution in [-0.4, -0.2) is 37.2 Å². The maximum absolute atomic E-state index is 13.7. The van der Waals surface area contributed by atoms with E-state index < -0.39 is 12.1 Å². The third kappa shape index (κ3) is 6.16. The fourth-order valence-corrected chi connectivity index (χ4v) is 7.18. The predicted molar refractivity (Wildman–Crippen MR) is 183 cm³/mol. The van der Waals surface area contributed by atoms with Gasteiger partial charge in [0, 0.05) is 29.4 Å². The number of carbonyl (C=O) groups is 1. The normalized spacial score (nSPS) is 15.6. The lowest BCUT2D eigenvalue weighted by molar-refractivity contribution is 0.0689. The fourth-order valence-electron chi connectivity index (χ4n) is 6.32. The molecule has 8 rings (SSSR count). The van der Waals surface area contributed by atoms with Gasteiger partial charge in [0.25, 0.3) is 0 Å². The van der Waals surface area contributed by atoms with Gasteiger partial charge in [-0.15, -0.1) is 11.3 Å². The Labute approximate surface area is 284 Å². The van der Waals surface area contributed by atoms with Gasteiger partial charge in [0.05, 0.1) is 34.1 Å². The Hall–Kier alpha value is -5.81. The van der Waals surface area contributed by atoms with Crippen LogP contribution in [0.3, 0.4) is 0 Å². The van der Waals surface area contributed by atoms with E-state index in [9.17, 15) is 14.3 Å². The van der Waals surface area contributed by atoms with Crippen molar-refractivity contribution in [2.75, 3.05) is 6.61 Å². The maximum Gasteiger partial charge on any atom is 0.335 e. The molecule has 1 aliphatic rings. The Bertz CT molecular complexity index is 2340. The van der Waals surface area contributed by atoms with Gasteiger partial charge in [-0.05, 0) is 91.7 Å². The second-order valence-electron chi connectivity index (χ2n) is 11.9. The van der Waals surface area contributed by atoms with Gasteiger partial charge in [-0.1, -0.05) is 12.1 Å². The summed E-state index contributed by atoms with van der Waals surface area (Å²) >= 11 is 1.46. The highest BCUT2D eigenvalue weighted by molar-refractivity contribution is 7.18. The van der Waals surface area contributed by atoms with Crippen molar-refractivity contribution < 1.29 is 28.5 Å². The van der Waals surface area contributed by atoms with Gasteiger partial charge in [0.2, 0.25) is 0 Å². The summed E-state index contributed by atoms with van der Waals surface area (Å²) in [4.78, 5) is 25.1. The lowest BCUT2D eigenvalue weighted by atomic mass is 9.87. The van der Waals surface area contributed by atoms with Gasteiger partial charge in [-0.2, -0.15) is 0 Å². The molecule has 0 radical (unpaired) electrons. The first kappa shape index (κ1) is 30.5. The third-order valence-corrected chi connectivity index (χ3v) is 9.59. The van der Waals surface area contributed by atoms with Crippen molar-refractivity contribution in [2.24, 2.45) is 5.92 Å². The van der Waals surface area contributed by atoms with Crippen LogP contribution in [0.5, 0.6) is 17.2 Å². The lowest BCUT2D eigenvalue weighted by Crippen LogP contribution is -2.31. The van der Waals surface area contributed by atoms with E-state index in [4.69, 9.17) is 14.2 Å². The molecule has 0 saturated heterocycles. The summed E-state index contributed by atoms with van der Waals surface area (Å²) in [6.07, 6.45) is 3.61. The smallest absolute Gasteiger partial charge is 0.335 e. The molecule has 0 unspecified atom stereocenters. The molecule has 7 aromatic rings. The van der Waals surface area contributed by atoms with Crippen LogP contribution in [0.25, 0.3) is 26.9 Å². The van der Waals surface area contributed by atoms with Crippen molar-refractivity contribution in [3.8, 4) is 22.9 Å². The molecule has 244 valence electrons. The minimum Gasteiger partial charge on any atom is -0.493 e. The highest BCUT2D eigenvalue weighted by atomic mass is 32.1. The summed E-state index contributed by atoms with van der Waals surface area (Å²) in [6.45, 7) is 2.56. The topological polar surface area (TPSA) is 109 Å². The SMILES string of the molecule is Cc1nc2cnccc2n1-c1ccc(O[C@@H]2c3cc(OCc4nc5cc(F)ccc5s4)ccc3OC[C@H]2Cc2cccc(C(=O)O)c2)cc1. The van der Waals surface area contributed by atoms with Crippen LogP contribution in [0.2, 0.25) is 0 Å². The van der Waals surface area contributed by atoms with E-state index in [-0.39, 0.29) is 23.9 Å². The van der Waals surface area contributed by atoms with Crippen LogP contribution in [0.15, 0.2) is 103 Å². The lowest BCUT2D eigenvalue weighted by Gasteiger charge is -2.34. The van der Waals surface area contributed by atoms with Gasteiger partial charge in [0.1, 0.15) is 52.1 Å². The molecule has 0 saturated carbocycles. The molecule has 3 aromatic heterocycles. The van der Waals surface area contributed by atoms with Gasteiger partial charge >= 0.3 is 5.97 Å². The number of benzene rings is 4. The number of carboxylic acid groups (broad SMARTS) is 1. The first-order chi connectivity index (χ1) is 23.9. The highest BCUT2D eigenvalue weighted by Crippen LogP contribution is 2.42. The van der Waals surface area contributed by atoms with Crippen LogP contribution in [0, 0.1) is 18.7 Å². The summed E-state index contributed by atoms with van der Waals surface area (Å²) in [6, 6.07) is 27.0. The van der Waals surface area contributed by atoms with Gasteiger partial charge in [-0.3, -0.25) is 9.55 Å². The predicted octanol–water partition coefficient (Wildman–Crippen LogP) is 8.13. The average molecular weight is 673 g/mol. The van der Waals surface area contributed by atoms with E-state index in [1.807, 2.05) is 61.5 Å². The first-order valence-corrected chi connectivity index (χ1v) is 16.5. The molecule has 0 amide bonds. The number of nitrogens with zero attached hydrogens (tertiary/aromatic N) is 4. The second-order valence-corrected chi connectivity index (χ2v) is 13.0. The van der Waals surface area contributed by atoms with Crippen molar-refractivity contribution in [3.05, 3.63) is 137 Å². The first-order valence-electron chi connectivity index (χ1n) is 15.7. The van der Waals surface area contributed by atoms with E-state index in [0.29, 0.717) is 35.8 Å². The summed E-state index contributed by atoms with van der Waals surface area (Å²) in [5.41, 5.74) is 5.26. The fraction of sp³-hybridized carbons (Fsp3) is 0.158. The summed E-state index contributed by atoms with van der Waals surface area (Å²) < 4.78 is 35.9. The number of aromatic carboxylic acids is 1. The second kappa shape index (κ2) is 12.7. The van der Waals surface area contributed by atoms with Gasteiger partial charge < -0.3 is 19.3 Å². The molecule has 2 atom stereocenters. The van der Waals surface area contributed by atoms with E-state index in [2.05, 4.69) is 19.5 Å². The molecule has 4 heterocycles. The monoisotopic (exact) mass is 672 g/mol. The maximum atomic E-state index is 13.7. The molecule has 4 aromatic carbocycles. The van der Waals surface area contributed by atoms with E-state index in [0.717, 1.165) is 43.4 Å². The molecule has 1 N–H and O–H groups in total. The van der Waals surface area contributed by atoms with Crippen molar-refractivity contribution in [2.45, 2.75) is 26.1 Å². The zero-order chi connectivity index (χ0) is 33.5. The number of imidazole rings is 1. The number of halogens is 1. The number of ether oxygens (including phenoxy) is 3. The van der Waals surface area contributed by atoms with E-state index in [1.165, 1.54) is 23.5 Å². The van der Waals surface area contributed by atoms with Crippen LogP contribution in [0.4, 0.5) is 4.39 Å². The molecule has 11 heteroatoms. The molecular formula is C38H29FN4O5S. The Morgan fingerprint density at radius 3 is 2.71 bits per heavy atom. The largest absolute Gasteiger partial charge is 0.493 e.